The zero-order chi connectivity index (χ0) is 16.7. The Morgan fingerprint density at radius 2 is 2.09 bits per heavy atom. The minimum atomic E-state index is -0.180. The van der Waals surface area contributed by atoms with Crippen LogP contribution in [-0.2, 0) is 14.3 Å². The minimum Gasteiger partial charge on any atom is -0.466 e. The van der Waals surface area contributed by atoms with Gasteiger partial charge in [0.05, 0.1) is 12.5 Å². The van der Waals surface area contributed by atoms with Crippen LogP contribution in [0.2, 0.25) is 5.02 Å². The number of carbonyl (C=O) groups excluding carboxylic acids is 2. The molecule has 0 aliphatic carbocycles. The second-order valence-corrected chi connectivity index (χ2v) is 7.09. The molecule has 1 aliphatic heterocycles. The van der Waals surface area contributed by atoms with Gasteiger partial charge in [-0.15, -0.1) is 11.8 Å². The highest BCUT2D eigenvalue weighted by atomic mass is 35.5. The summed E-state index contributed by atoms with van der Waals surface area (Å²) in [7, 11) is 0. The Morgan fingerprint density at radius 3 is 2.78 bits per heavy atom. The fourth-order valence-electron chi connectivity index (χ4n) is 2.60. The Kier molecular flexibility index (Phi) is 7.24. The number of likely N-dealkylation sites (tertiary alicyclic amines) is 1. The molecule has 6 heteroatoms. The molecule has 0 radical (unpaired) electrons. The number of rotatable bonds is 6. The van der Waals surface area contributed by atoms with E-state index in [2.05, 4.69) is 0 Å². The molecule has 126 valence electrons. The van der Waals surface area contributed by atoms with Gasteiger partial charge in [-0.1, -0.05) is 11.6 Å². The third-order valence-electron chi connectivity index (χ3n) is 3.79. The van der Waals surface area contributed by atoms with Crippen molar-refractivity contribution in [2.45, 2.75) is 31.1 Å². The van der Waals surface area contributed by atoms with Crippen LogP contribution >= 0.6 is 23.4 Å². The highest BCUT2D eigenvalue weighted by Crippen LogP contribution is 2.23. The number of thioether (sulfide) groups is 1. The molecule has 1 aromatic rings. The molecule has 1 amide bonds. The number of nitrogens with zero attached hydrogens (tertiary/aromatic N) is 1. The van der Waals surface area contributed by atoms with Crippen LogP contribution in [0.25, 0.3) is 0 Å². The number of hydrogen-bond donors (Lipinski definition) is 0. The molecule has 0 N–H and O–H groups in total. The van der Waals surface area contributed by atoms with Crippen LogP contribution in [0.1, 0.15) is 26.2 Å². The first-order chi connectivity index (χ1) is 11.1. The predicted molar refractivity (Wildman–Crippen MR) is 92.7 cm³/mol. The third-order valence-corrected chi connectivity index (χ3v) is 5.06. The van der Waals surface area contributed by atoms with E-state index in [-0.39, 0.29) is 17.8 Å². The van der Waals surface area contributed by atoms with Crippen molar-refractivity contribution in [2.75, 3.05) is 25.4 Å². The number of esters is 1. The normalized spacial score (nSPS) is 17.8. The summed E-state index contributed by atoms with van der Waals surface area (Å²) >= 11 is 7.49. The lowest BCUT2D eigenvalue weighted by Gasteiger charge is -2.31. The molecule has 4 nitrogen and oxygen atoms in total. The van der Waals surface area contributed by atoms with Crippen LogP contribution in [0.15, 0.2) is 29.2 Å². The molecule has 23 heavy (non-hydrogen) atoms. The molecule has 1 heterocycles. The van der Waals surface area contributed by atoms with Crippen molar-refractivity contribution in [1.29, 1.82) is 0 Å². The van der Waals surface area contributed by atoms with Gasteiger partial charge in [-0.25, -0.2) is 0 Å². The van der Waals surface area contributed by atoms with Crippen LogP contribution < -0.4 is 0 Å². The molecule has 0 bridgehead atoms. The molecule has 1 fully saturated rings. The molecule has 0 spiro atoms. The van der Waals surface area contributed by atoms with Gasteiger partial charge in [0.1, 0.15) is 0 Å². The zero-order valence-corrected chi connectivity index (χ0v) is 14.9. The van der Waals surface area contributed by atoms with E-state index >= 15 is 0 Å². The number of benzene rings is 1. The average molecular weight is 356 g/mol. The van der Waals surface area contributed by atoms with Crippen LogP contribution in [0, 0.1) is 5.92 Å². The number of hydrogen-bond acceptors (Lipinski definition) is 4. The molecule has 1 unspecified atom stereocenters. The fourth-order valence-corrected chi connectivity index (χ4v) is 3.57. The largest absolute Gasteiger partial charge is 0.466 e. The summed E-state index contributed by atoms with van der Waals surface area (Å²) in [6.07, 6.45) is 2.14. The molecule has 1 saturated heterocycles. The number of amides is 1. The SMILES string of the molecule is CCOC(=O)C1CCCN(C(=O)CCSc2ccc(Cl)cc2)C1. The predicted octanol–water partition coefficient (Wildman–Crippen LogP) is 3.62. The summed E-state index contributed by atoms with van der Waals surface area (Å²) in [5.41, 5.74) is 0. The summed E-state index contributed by atoms with van der Waals surface area (Å²) in [6.45, 7) is 3.42. The first-order valence-electron chi connectivity index (χ1n) is 7.93. The lowest BCUT2D eigenvalue weighted by Crippen LogP contribution is -2.42. The monoisotopic (exact) mass is 355 g/mol. The molecular formula is C17H22ClNO3S. The quantitative estimate of drug-likeness (QED) is 0.577. The van der Waals surface area contributed by atoms with Crippen LogP contribution in [0.3, 0.4) is 0 Å². The molecule has 0 saturated carbocycles. The zero-order valence-electron chi connectivity index (χ0n) is 13.3. The number of carbonyl (C=O) groups is 2. The van der Waals surface area contributed by atoms with Gasteiger partial charge in [0, 0.05) is 35.2 Å². The van der Waals surface area contributed by atoms with E-state index in [1.165, 1.54) is 0 Å². The standard InChI is InChI=1S/C17H22ClNO3S/c1-2-22-17(21)13-4-3-10-19(12-13)16(20)9-11-23-15-7-5-14(18)6-8-15/h5-8,13H,2-4,9-12H2,1H3. The van der Waals surface area contributed by atoms with Crippen molar-refractivity contribution in [1.82, 2.24) is 4.90 Å². The summed E-state index contributed by atoms with van der Waals surface area (Å²) in [6, 6.07) is 7.60. The Labute approximate surface area is 146 Å². The van der Waals surface area contributed by atoms with E-state index in [0.29, 0.717) is 24.6 Å². The third kappa shape index (κ3) is 5.74. The molecule has 0 aromatic heterocycles. The smallest absolute Gasteiger partial charge is 0.310 e. The summed E-state index contributed by atoms with van der Waals surface area (Å²) in [5.74, 6) is 0.485. The second kappa shape index (κ2) is 9.18. The number of piperidine rings is 1. The maximum atomic E-state index is 12.3. The summed E-state index contributed by atoms with van der Waals surface area (Å²) in [5, 5.41) is 0.712. The topological polar surface area (TPSA) is 46.6 Å². The summed E-state index contributed by atoms with van der Waals surface area (Å²) < 4.78 is 5.07. The van der Waals surface area contributed by atoms with Gasteiger partial charge in [-0.05, 0) is 44.0 Å². The van der Waals surface area contributed by atoms with Gasteiger partial charge in [-0.2, -0.15) is 0 Å². The molecular weight excluding hydrogens is 334 g/mol. The number of halogens is 1. The second-order valence-electron chi connectivity index (χ2n) is 5.48. The maximum absolute atomic E-state index is 12.3. The lowest BCUT2D eigenvalue weighted by molar-refractivity contribution is -0.151. The van der Waals surface area contributed by atoms with Crippen LogP contribution in [-0.4, -0.2) is 42.2 Å². The Bertz CT molecular complexity index is 535. The van der Waals surface area contributed by atoms with Crippen molar-refractivity contribution in [3.63, 3.8) is 0 Å². The van der Waals surface area contributed by atoms with E-state index in [1.807, 2.05) is 24.3 Å². The minimum absolute atomic E-state index is 0.112. The van der Waals surface area contributed by atoms with E-state index in [4.69, 9.17) is 16.3 Å². The van der Waals surface area contributed by atoms with Gasteiger partial charge in [0.15, 0.2) is 0 Å². The van der Waals surface area contributed by atoms with E-state index in [0.717, 1.165) is 30.0 Å². The average Bonchev–Trinajstić information content (AvgIpc) is 2.57. The maximum Gasteiger partial charge on any atom is 0.310 e. The van der Waals surface area contributed by atoms with Crippen molar-refractivity contribution in [3.8, 4) is 0 Å². The van der Waals surface area contributed by atoms with Crippen molar-refractivity contribution in [2.24, 2.45) is 5.92 Å². The first-order valence-corrected chi connectivity index (χ1v) is 9.29. The highest BCUT2D eigenvalue weighted by Gasteiger charge is 2.28. The van der Waals surface area contributed by atoms with Crippen LogP contribution in [0.5, 0.6) is 0 Å². The van der Waals surface area contributed by atoms with Gasteiger partial charge >= 0.3 is 5.97 Å². The number of ether oxygens (including phenoxy) is 1. The van der Waals surface area contributed by atoms with Crippen molar-refractivity contribution >= 4 is 35.2 Å². The van der Waals surface area contributed by atoms with Crippen molar-refractivity contribution in [3.05, 3.63) is 29.3 Å². The van der Waals surface area contributed by atoms with Gasteiger partial charge in [0.25, 0.3) is 0 Å². The first kappa shape index (κ1) is 18.1. The molecule has 1 aromatic carbocycles. The Balaban J connectivity index is 1.76. The van der Waals surface area contributed by atoms with E-state index in [9.17, 15) is 9.59 Å². The fraction of sp³-hybridized carbons (Fsp3) is 0.529. The van der Waals surface area contributed by atoms with E-state index < -0.39 is 0 Å². The van der Waals surface area contributed by atoms with Crippen LogP contribution in [0.4, 0.5) is 0 Å². The molecule has 2 rings (SSSR count). The van der Waals surface area contributed by atoms with Gasteiger partial charge in [-0.3, -0.25) is 9.59 Å². The highest BCUT2D eigenvalue weighted by molar-refractivity contribution is 7.99. The summed E-state index contributed by atoms with van der Waals surface area (Å²) in [4.78, 5) is 27.0. The van der Waals surface area contributed by atoms with Crippen molar-refractivity contribution < 1.29 is 14.3 Å². The molecule has 1 aliphatic rings. The van der Waals surface area contributed by atoms with Gasteiger partial charge < -0.3 is 9.64 Å². The Morgan fingerprint density at radius 1 is 1.35 bits per heavy atom. The Hall–Kier alpha value is -1.20. The van der Waals surface area contributed by atoms with Gasteiger partial charge in [0.2, 0.25) is 5.91 Å². The van der Waals surface area contributed by atoms with E-state index in [1.54, 1.807) is 23.6 Å². The molecule has 1 atom stereocenters. The lowest BCUT2D eigenvalue weighted by atomic mass is 9.98.